The van der Waals surface area contributed by atoms with Crippen LogP contribution in [0.25, 0.3) is 10.9 Å². The molecule has 1 aromatic carbocycles. The second-order valence-corrected chi connectivity index (χ2v) is 5.05. The minimum Gasteiger partial charge on any atom is -0.481 e. The van der Waals surface area contributed by atoms with E-state index in [2.05, 4.69) is 15.3 Å². The lowest BCUT2D eigenvalue weighted by atomic mass is 9.89. The topological polar surface area (TPSA) is 104 Å². The van der Waals surface area contributed by atoms with Crippen LogP contribution in [-0.2, 0) is 14.3 Å². The van der Waals surface area contributed by atoms with Crippen LogP contribution in [0.3, 0.4) is 0 Å². The third kappa shape index (κ3) is 2.41. The van der Waals surface area contributed by atoms with Gasteiger partial charge in [0.2, 0.25) is 0 Å². The average molecular weight is 301 g/mol. The highest BCUT2D eigenvalue weighted by Gasteiger charge is 2.40. The van der Waals surface area contributed by atoms with Crippen molar-refractivity contribution in [1.82, 2.24) is 10.3 Å². The molecular formula is C15H15N3O4. The molecular weight excluding hydrogens is 286 g/mol. The molecule has 0 spiro atoms. The third-order valence-electron chi connectivity index (χ3n) is 3.71. The molecule has 0 saturated carbocycles. The fraction of sp³-hybridized carbons (Fsp3) is 0.267. The number of benzene rings is 1. The lowest BCUT2D eigenvalue weighted by Crippen LogP contribution is -2.31. The van der Waals surface area contributed by atoms with Crippen LogP contribution in [-0.4, -0.2) is 41.1 Å². The van der Waals surface area contributed by atoms with Crippen molar-refractivity contribution in [3.05, 3.63) is 36.0 Å². The molecule has 114 valence electrons. The number of para-hydroxylation sites is 1. The molecule has 1 saturated heterocycles. The van der Waals surface area contributed by atoms with Gasteiger partial charge >= 0.3 is 5.97 Å². The van der Waals surface area contributed by atoms with E-state index in [1.807, 2.05) is 24.3 Å². The van der Waals surface area contributed by atoms with Crippen molar-refractivity contribution in [3.8, 4) is 0 Å². The van der Waals surface area contributed by atoms with E-state index >= 15 is 0 Å². The fourth-order valence-corrected chi connectivity index (χ4v) is 2.72. The number of fused-ring (bicyclic) bond motifs is 1. The quantitative estimate of drug-likeness (QED) is 0.790. The zero-order chi connectivity index (χ0) is 15.7. The van der Waals surface area contributed by atoms with Crippen molar-refractivity contribution in [2.45, 2.75) is 18.4 Å². The molecule has 22 heavy (non-hydrogen) atoms. The highest BCUT2D eigenvalue weighted by Crippen LogP contribution is 2.33. The first-order chi connectivity index (χ1) is 10.6. The normalized spacial score (nSPS) is 20.9. The van der Waals surface area contributed by atoms with E-state index < -0.39 is 18.0 Å². The van der Waals surface area contributed by atoms with Crippen LogP contribution in [0, 0.1) is 0 Å². The van der Waals surface area contributed by atoms with Crippen molar-refractivity contribution in [3.63, 3.8) is 0 Å². The summed E-state index contributed by atoms with van der Waals surface area (Å²) in [6.07, 6.45) is 0.612. The maximum absolute atomic E-state index is 12.1. The molecule has 1 fully saturated rings. The number of carboxylic acid groups (broad SMARTS) is 1. The van der Waals surface area contributed by atoms with Crippen molar-refractivity contribution >= 4 is 28.8 Å². The number of aliphatic imine (C=N–C) groups is 1. The second kappa shape index (κ2) is 5.51. The number of rotatable bonds is 4. The zero-order valence-electron chi connectivity index (χ0n) is 11.9. The maximum Gasteiger partial charge on any atom is 0.304 e. The summed E-state index contributed by atoms with van der Waals surface area (Å²) < 4.78 is 5.47. The molecule has 0 unspecified atom stereocenters. The molecule has 1 aliphatic heterocycles. The van der Waals surface area contributed by atoms with Crippen LogP contribution in [0.15, 0.2) is 35.5 Å². The minimum atomic E-state index is -0.992. The summed E-state index contributed by atoms with van der Waals surface area (Å²) in [6.45, 7) is 0. The van der Waals surface area contributed by atoms with Gasteiger partial charge in [0.25, 0.3) is 11.9 Å². The number of carboxylic acids is 1. The number of carbonyl (C=O) groups is 2. The number of nitrogens with one attached hydrogen (secondary N) is 2. The Kier molecular flexibility index (Phi) is 3.54. The Hall–Kier alpha value is -2.83. The number of carbonyl (C=O) groups excluding carboxylic acids is 1. The molecule has 7 heteroatoms. The number of aromatic nitrogens is 1. The lowest BCUT2D eigenvalue weighted by Gasteiger charge is -2.18. The Labute approximate surface area is 126 Å². The Bertz CT molecular complexity index is 765. The smallest absolute Gasteiger partial charge is 0.304 e. The first-order valence-corrected chi connectivity index (χ1v) is 6.82. The number of amides is 1. The molecule has 0 aliphatic carbocycles. The number of aromatic amines is 1. The van der Waals surface area contributed by atoms with E-state index in [1.165, 1.54) is 7.05 Å². The van der Waals surface area contributed by atoms with E-state index in [0.29, 0.717) is 0 Å². The zero-order valence-corrected chi connectivity index (χ0v) is 11.9. The summed E-state index contributed by atoms with van der Waals surface area (Å²) in [4.78, 5) is 30.2. The SMILES string of the molecule is CN=C1NC(=O)[C@H]([C@@H](CC(=O)O)c2c[nH]c3ccccc23)O1. The van der Waals surface area contributed by atoms with Gasteiger partial charge in [0, 0.05) is 30.1 Å². The lowest BCUT2D eigenvalue weighted by molar-refractivity contribution is -0.138. The Morgan fingerprint density at radius 1 is 1.45 bits per heavy atom. The Morgan fingerprint density at radius 2 is 2.23 bits per heavy atom. The van der Waals surface area contributed by atoms with Crippen molar-refractivity contribution < 1.29 is 19.4 Å². The van der Waals surface area contributed by atoms with Crippen molar-refractivity contribution in [2.24, 2.45) is 4.99 Å². The van der Waals surface area contributed by atoms with Crippen LogP contribution in [0.2, 0.25) is 0 Å². The van der Waals surface area contributed by atoms with Gasteiger partial charge in [-0.1, -0.05) is 18.2 Å². The molecule has 3 N–H and O–H groups in total. The molecule has 0 radical (unpaired) electrons. The Morgan fingerprint density at radius 3 is 2.91 bits per heavy atom. The number of H-pyrrole nitrogens is 1. The predicted molar refractivity (Wildman–Crippen MR) is 79.7 cm³/mol. The molecule has 2 aromatic rings. The van der Waals surface area contributed by atoms with Crippen LogP contribution < -0.4 is 5.32 Å². The number of hydrogen-bond donors (Lipinski definition) is 3. The first-order valence-electron chi connectivity index (χ1n) is 6.82. The van der Waals surface area contributed by atoms with Gasteiger partial charge in [-0.05, 0) is 11.6 Å². The number of ether oxygens (including phenoxy) is 1. The van der Waals surface area contributed by atoms with E-state index in [0.717, 1.165) is 16.5 Å². The number of amidine groups is 1. The summed E-state index contributed by atoms with van der Waals surface area (Å²) in [5.74, 6) is -1.97. The van der Waals surface area contributed by atoms with Gasteiger partial charge in [0.05, 0.1) is 6.42 Å². The van der Waals surface area contributed by atoms with Crippen LogP contribution in [0.4, 0.5) is 0 Å². The predicted octanol–water partition coefficient (Wildman–Crippen LogP) is 1.23. The number of hydrogen-bond acceptors (Lipinski definition) is 4. The van der Waals surface area contributed by atoms with E-state index in [4.69, 9.17) is 4.74 Å². The van der Waals surface area contributed by atoms with Gasteiger partial charge in [-0.25, -0.2) is 4.99 Å². The van der Waals surface area contributed by atoms with Gasteiger partial charge in [-0.3, -0.25) is 14.9 Å². The largest absolute Gasteiger partial charge is 0.481 e. The molecule has 2 atom stereocenters. The van der Waals surface area contributed by atoms with Crippen molar-refractivity contribution in [1.29, 1.82) is 0 Å². The fourth-order valence-electron chi connectivity index (χ4n) is 2.72. The van der Waals surface area contributed by atoms with Crippen LogP contribution >= 0.6 is 0 Å². The average Bonchev–Trinajstić information content (AvgIpc) is 3.08. The molecule has 7 nitrogen and oxygen atoms in total. The third-order valence-corrected chi connectivity index (χ3v) is 3.71. The summed E-state index contributed by atoms with van der Waals surface area (Å²) in [5.41, 5.74) is 1.63. The minimum absolute atomic E-state index is 0.116. The monoisotopic (exact) mass is 301 g/mol. The number of aliphatic carboxylic acids is 1. The van der Waals surface area contributed by atoms with Gasteiger partial charge in [0.1, 0.15) is 0 Å². The standard InChI is InChI=1S/C15H15N3O4/c1-16-15-18-14(21)13(22-15)9(6-12(19)20)10-7-17-11-5-3-2-4-8(10)11/h2-5,7,9,13,17H,6H2,1H3,(H,19,20)(H,16,18,21)/t9-,13-/m0/s1. The first kappa shape index (κ1) is 14.1. The second-order valence-electron chi connectivity index (χ2n) is 5.05. The summed E-state index contributed by atoms with van der Waals surface area (Å²) in [7, 11) is 1.50. The molecule has 1 aliphatic rings. The van der Waals surface area contributed by atoms with Gasteiger partial charge in [-0.15, -0.1) is 0 Å². The van der Waals surface area contributed by atoms with E-state index in [-0.39, 0.29) is 18.3 Å². The van der Waals surface area contributed by atoms with Crippen LogP contribution in [0.1, 0.15) is 17.9 Å². The van der Waals surface area contributed by atoms with E-state index in [1.54, 1.807) is 6.20 Å². The summed E-state index contributed by atoms with van der Waals surface area (Å²) in [6, 6.07) is 7.65. The summed E-state index contributed by atoms with van der Waals surface area (Å²) >= 11 is 0. The molecule has 2 heterocycles. The molecule has 0 bridgehead atoms. The van der Waals surface area contributed by atoms with Gasteiger partial charge in [0.15, 0.2) is 6.10 Å². The number of nitrogens with zero attached hydrogens (tertiary/aromatic N) is 1. The van der Waals surface area contributed by atoms with Crippen molar-refractivity contribution in [2.75, 3.05) is 7.05 Å². The Balaban J connectivity index is 2.03. The highest BCUT2D eigenvalue weighted by atomic mass is 16.5. The van der Waals surface area contributed by atoms with Gasteiger partial charge in [-0.2, -0.15) is 0 Å². The molecule has 3 rings (SSSR count). The molecule has 1 amide bonds. The maximum atomic E-state index is 12.1. The summed E-state index contributed by atoms with van der Waals surface area (Å²) in [5, 5.41) is 12.6. The highest BCUT2D eigenvalue weighted by molar-refractivity contribution is 6.03. The molecule has 1 aromatic heterocycles. The van der Waals surface area contributed by atoms with E-state index in [9.17, 15) is 14.7 Å². The van der Waals surface area contributed by atoms with Crippen LogP contribution in [0.5, 0.6) is 0 Å². The van der Waals surface area contributed by atoms with Gasteiger partial charge < -0.3 is 14.8 Å².